The van der Waals surface area contributed by atoms with Gasteiger partial charge in [-0.15, -0.1) is 22.7 Å². The second kappa shape index (κ2) is 9.62. The Morgan fingerprint density at radius 3 is 2.41 bits per heavy atom. The molecule has 5 nitrogen and oxygen atoms in total. The van der Waals surface area contributed by atoms with Gasteiger partial charge in [0.1, 0.15) is 5.82 Å². The van der Waals surface area contributed by atoms with Crippen LogP contribution in [-0.2, 0) is 0 Å². The van der Waals surface area contributed by atoms with Crippen LogP contribution in [-0.4, -0.2) is 15.0 Å². The van der Waals surface area contributed by atoms with Crippen molar-refractivity contribution in [3.8, 4) is 11.1 Å². The molecule has 4 aromatic carbocycles. The summed E-state index contributed by atoms with van der Waals surface area (Å²) >= 11 is 3.40. The summed E-state index contributed by atoms with van der Waals surface area (Å²) in [5, 5.41) is 12.3. The number of hydrogen-bond donors (Lipinski definition) is 2. The molecule has 0 unspecified atom stereocenters. The zero-order chi connectivity index (χ0) is 27.3. The summed E-state index contributed by atoms with van der Waals surface area (Å²) in [7, 11) is 0. The number of thiophene rings is 2. The third-order valence-electron chi connectivity index (χ3n) is 7.10. The molecule has 8 heteroatoms. The highest BCUT2D eigenvalue weighted by atomic mass is 32.1. The number of rotatable bonds is 5. The van der Waals surface area contributed by atoms with Crippen LogP contribution in [0.15, 0.2) is 109 Å². The molecule has 4 aromatic heterocycles. The summed E-state index contributed by atoms with van der Waals surface area (Å²) in [6, 6.07) is 31.5. The minimum atomic E-state index is -0.287. The lowest BCUT2D eigenvalue weighted by Crippen LogP contribution is -2.01. The van der Waals surface area contributed by atoms with Crippen LogP contribution in [0.1, 0.15) is 0 Å². The number of pyridine rings is 1. The van der Waals surface area contributed by atoms with Crippen molar-refractivity contribution in [1.82, 2.24) is 15.0 Å². The van der Waals surface area contributed by atoms with Crippen LogP contribution < -0.4 is 10.6 Å². The number of nitrogens with one attached hydrogen (secondary N) is 2. The number of hydrogen-bond acceptors (Lipinski definition) is 7. The van der Waals surface area contributed by atoms with Gasteiger partial charge in [0.05, 0.1) is 15.7 Å². The third-order valence-corrected chi connectivity index (χ3v) is 9.23. The first-order chi connectivity index (χ1) is 20.2. The number of nitrogens with zero attached hydrogens (tertiary/aromatic N) is 3. The Kier molecular flexibility index (Phi) is 5.61. The standard InChI is InChI=1S/C33H20FN5S2/c34-19-8-10-20(11-9-19)37-33-38-28-15-17-40-31(28)32(39-33)36-21-12-13-29-26(18-21)25-6-3-5-24(30(25)41-29)22-14-16-35-27-7-2-1-4-23(22)27/h1-18H,(H2,36,37,38,39). The highest BCUT2D eigenvalue weighted by Gasteiger charge is 2.15. The highest BCUT2D eigenvalue weighted by molar-refractivity contribution is 7.26. The first kappa shape index (κ1) is 23.9. The maximum Gasteiger partial charge on any atom is 0.229 e. The summed E-state index contributed by atoms with van der Waals surface area (Å²) in [5.74, 6) is 0.878. The molecule has 8 rings (SSSR count). The molecule has 0 saturated heterocycles. The predicted molar refractivity (Wildman–Crippen MR) is 170 cm³/mol. The Bertz CT molecular complexity index is 2230. The Morgan fingerprint density at radius 1 is 0.634 bits per heavy atom. The summed E-state index contributed by atoms with van der Waals surface area (Å²) in [6.07, 6.45) is 1.89. The van der Waals surface area contributed by atoms with Gasteiger partial charge in [0, 0.05) is 48.7 Å². The smallest absolute Gasteiger partial charge is 0.229 e. The second-order valence-corrected chi connectivity index (χ2v) is 11.6. The van der Waals surface area contributed by atoms with Crippen LogP contribution in [0.25, 0.3) is 52.4 Å². The van der Waals surface area contributed by atoms with E-state index in [9.17, 15) is 4.39 Å². The molecule has 0 atom stereocenters. The Hall–Kier alpha value is -4.92. The third kappa shape index (κ3) is 4.25. The molecule has 0 saturated carbocycles. The zero-order valence-corrected chi connectivity index (χ0v) is 23.1. The molecule has 0 aliphatic heterocycles. The van der Waals surface area contributed by atoms with Crippen molar-refractivity contribution in [2.24, 2.45) is 0 Å². The molecule has 0 aliphatic rings. The quantitative estimate of drug-likeness (QED) is 0.216. The van der Waals surface area contributed by atoms with Crippen LogP contribution in [0.2, 0.25) is 0 Å². The lowest BCUT2D eigenvalue weighted by Gasteiger charge is -2.10. The summed E-state index contributed by atoms with van der Waals surface area (Å²) in [5.41, 5.74) is 5.90. The monoisotopic (exact) mass is 569 g/mol. The Balaban J connectivity index is 1.20. The van der Waals surface area contributed by atoms with E-state index < -0.39 is 0 Å². The van der Waals surface area contributed by atoms with Crippen LogP contribution in [0.5, 0.6) is 0 Å². The first-order valence-electron chi connectivity index (χ1n) is 13.0. The molecule has 0 spiro atoms. The molecule has 0 fully saturated rings. The summed E-state index contributed by atoms with van der Waals surface area (Å²) in [4.78, 5) is 14.0. The lowest BCUT2D eigenvalue weighted by atomic mass is 9.99. The van der Waals surface area contributed by atoms with E-state index >= 15 is 0 Å². The molecule has 0 radical (unpaired) electrons. The summed E-state index contributed by atoms with van der Waals surface area (Å²) in [6.45, 7) is 0. The van der Waals surface area contributed by atoms with Crippen molar-refractivity contribution in [2.75, 3.05) is 10.6 Å². The molecular formula is C33H20FN5S2. The molecule has 0 amide bonds. The van der Waals surface area contributed by atoms with Crippen molar-refractivity contribution in [2.45, 2.75) is 0 Å². The van der Waals surface area contributed by atoms with Gasteiger partial charge in [-0.2, -0.15) is 4.98 Å². The van der Waals surface area contributed by atoms with Gasteiger partial charge >= 0.3 is 0 Å². The van der Waals surface area contributed by atoms with Crippen molar-refractivity contribution in [1.29, 1.82) is 0 Å². The first-order valence-corrected chi connectivity index (χ1v) is 14.7. The maximum absolute atomic E-state index is 13.4. The van der Waals surface area contributed by atoms with E-state index in [1.54, 1.807) is 34.8 Å². The average Bonchev–Trinajstić information content (AvgIpc) is 3.63. The van der Waals surface area contributed by atoms with E-state index in [2.05, 4.69) is 81.3 Å². The Labute approximate surface area is 242 Å². The van der Waals surface area contributed by atoms with Crippen LogP contribution in [0.3, 0.4) is 0 Å². The number of para-hydroxylation sites is 1. The molecule has 8 aromatic rings. The van der Waals surface area contributed by atoms with Gasteiger partial charge in [-0.1, -0.05) is 36.4 Å². The van der Waals surface area contributed by atoms with E-state index in [0.29, 0.717) is 5.95 Å². The van der Waals surface area contributed by atoms with E-state index in [1.807, 2.05) is 23.7 Å². The van der Waals surface area contributed by atoms with Crippen LogP contribution >= 0.6 is 22.7 Å². The van der Waals surface area contributed by atoms with E-state index in [0.717, 1.165) is 38.3 Å². The van der Waals surface area contributed by atoms with Crippen molar-refractivity contribution < 1.29 is 4.39 Å². The number of aromatic nitrogens is 3. The SMILES string of the molecule is Fc1ccc(Nc2nc(Nc3ccc4sc5c(-c6ccnc7ccccc67)cccc5c4c3)c3sccc3n2)cc1. The molecule has 41 heavy (non-hydrogen) atoms. The molecule has 0 bridgehead atoms. The van der Waals surface area contributed by atoms with Gasteiger partial charge in [-0.3, -0.25) is 4.98 Å². The molecule has 4 heterocycles. The minimum Gasteiger partial charge on any atom is -0.339 e. The van der Waals surface area contributed by atoms with Gasteiger partial charge in [-0.25, -0.2) is 9.37 Å². The zero-order valence-electron chi connectivity index (χ0n) is 21.4. The number of halogens is 1. The fourth-order valence-corrected chi connectivity index (χ4v) is 7.21. The molecule has 0 aliphatic carbocycles. The number of benzene rings is 4. The number of fused-ring (bicyclic) bond motifs is 5. The average molecular weight is 570 g/mol. The molecule has 196 valence electrons. The normalized spacial score (nSPS) is 11.5. The van der Waals surface area contributed by atoms with Crippen LogP contribution in [0, 0.1) is 5.82 Å². The predicted octanol–water partition coefficient (Wildman–Crippen LogP) is 9.90. The minimum absolute atomic E-state index is 0.287. The van der Waals surface area contributed by atoms with Crippen molar-refractivity contribution >= 4 is 87.1 Å². The summed E-state index contributed by atoms with van der Waals surface area (Å²) < 4.78 is 16.8. The van der Waals surface area contributed by atoms with Gasteiger partial charge < -0.3 is 10.6 Å². The van der Waals surface area contributed by atoms with Crippen molar-refractivity contribution in [3.05, 3.63) is 114 Å². The topological polar surface area (TPSA) is 62.7 Å². The van der Waals surface area contributed by atoms with Gasteiger partial charge in [-0.05, 0) is 71.6 Å². The van der Waals surface area contributed by atoms with Gasteiger partial charge in [0.15, 0.2) is 5.82 Å². The fourth-order valence-electron chi connectivity index (χ4n) is 5.22. The maximum atomic E-state index is 13.4. The Morgan fingerprint density at radius 2 is 1.49 bits per heavy atom. The van der Waals surface area contributed by atoms with E-state index in [1.165, 1.54) is 43.4 Å². The van der Waals surface area contributed by atoms with Crippen molar-refractivity contribution in [3.63, 3.8) is 0 Å². The van der Waals surface area contributed by atoms with E-state index in [4.69, 9.17) is 4.98 Å². The van der Waals surface area contributed by atoms with Crippen LogP contribution in [0.4, 0.5) is 27.5 Å². The largest absolute Gasteiger partial charge is 0.339 e. The van der Waals surface area contributed by atoms with Gasteiger partial charge in [0.25, 0.3) is 0 Å². The second-order valence-electron chi connectivity index (χ2n) is 9.66. The molecule has 2 N–H and O–H groups in total. The van der Waals surface area contributed by atoms with Gasteiger partial charge in [0.2, 0.25) is 5.95 Å². The fraction of sp³-hybridized carbons (Fsp3) is 0. The molecular weight excluding hydrogens is 550 g/mol. The van der Waals surface area contributed by atoms with E-state index in [-0.39, 0.29) is 5.82 Å². The number of anilines is 4. The highest BCUT2D eigenvalue weighted by Crippen LogP contribution is 2.42. The lowest BCUT2D eigenvalue weighted by molar-refractivity contribution is 0.628.